The van der Waals surface area contributed by atoms with Gasteiger partial charge in [0.05, 0.1) is 11.4 Å². The lowest BCUT2D eigenvalue weighted by Crippen LogP contribution is -2.00. The van der Waals surface area contributed by atoms with E-state index in [1.165, 1.54) is 4.68 Å². The van der Waals surface area contributed by atoms with Crippen LogP contribution in [0.25, 0.3) is 5.69 Å². The maximum Gasteiger partial charge on any atom is 0.340 e. The molecule has 5 heteroatoms. The monoisotopic (exact) mass is 278 g/mol. The molecule has 19 heavy (non-hydrogen) atoms. The highest BCUT2D eigenvalue weighted by Gasteiger charge is 2.21. The summed E-state index contributed by atoms with van der Waals surface area (Å²) in [5, 5.41) is 13.7. The Bertz CT molecular complexity index is 627. The third-order valence-corrected chi connectivity index (χ3v) is 3.25. The molecule has 2 aromatic rings. The molecule has 0 unspecified atom stereocenters. The summed E-state index contributed by atoms with van der Waals surface area (Å²) in [4.78, 5) is 11.2. The molecule has 0 aliphatic rings. The van der Waals surface area contributed by atoms with E-state index in [0.717, 1.165) is 16.8 Å². The molecule has 4 nitrogen and oxygen atoms in total. The Balaban J connectivity index is 2.66. The minimum atomic E-state index is -1.04. The van der Waals surface area contributed by atoms with Crippen LogP contribution >= 0.6 is 11.6 Å². The molecule has 1 heterocycles. The average Bonchev–Trinajstić information content (AvgIpc) is 2.64. The van der Waals surface area contributed by atoms with Crippen LogP contribution in [0.2, 0.25) is 5.15 Å². The van der Waals surface area contributed by atoms with Crippen molar-refractivity contribution in [1.29, 1.82) is 0 Å². The lowest BCUT2D eigenvalue weighted by atomic mass is 10.1. The van der Waals surface area contributed by atoms with E-state index in [4.69, 9.17) is 11.6 Å². The molecule has 0 saturated carbocycles. The Kier molecular flexibility index (Phi) is 3.62. The maximum atomic E-state index is 11.2. The van der Waals surface area contributed by atoms with Gasteiger partial charge in [-0.05, 0) is 43.5 Å². The number of aromatic carboxylic acids is 1. The second-order valence-corrected chi connectivity index (χ2v) is 4.89. The summed E-state index contributed by atoms with van der Waals surface area (Å²) in [6, 6.07) is 5.90. The summed E-state index contributed by atoms with van der Waals surface area (Å²) in [6.07, 6.45) is 0.527. The van der Waals surface area contributed by atoms with Crippen molar-refractivity contribution in [3.05, 3.63) is 45.7 Å². The van der Waals surface area contributed by atoms with E-state index in [9.17, 15) is 9.90 Å². The van der Waals surface area contributed by atoms with Crippen LogP contribution < -0.4 is 0 Å². The van der Waals surface area contributed by atoms with Crippen LogP contribution in [0.4, 0.5) is 0 Å². The molecule has 0 atom stereocenters. The highest BCUT2D eigenvalue weighted by atomic mass is 35.5. The van der Waals surface area contributed by atoms with Crippen molar-refractivity contribution in [3.63, 3.8) is 0 Å². The second-order valence-electron chi connectivity index (χ2n) is 4.53. The zero-order valence-electron chi connectivity index (χ0n) is 11.1. The van der Waals surface area contributed by atoms with Crippen LogP contribution in [-0.2, 0) is 6.42 Å². The molecule has 0 fully saturated rings. The zero-order chi connectivity index (χ0) is 14.2. The third-order valence-electron chi connectivity index (χ3n) is 2.90. The topological polar surface area (TPSA) is 55.1 Å². The van der Waals surface area contributed by atoms with Crippen LogP contribution in [0.5, 0.6) is 0 Å². The van der Waals surface area contributed by atoms with Crippen molar-refractivity contribution in [2.75, 3.05) is 0 Å². The van der Waals surface area contributed by atoms with Gasteiger partial charge in [0.2, 0.25) is 0 Å². The molecule has 1 aromatic carbocycles. The highest BCUT2D eigenvalue weighted by molar-refractivity contribution is 6.32. The van der Waals surface area contributed by atoms with Crippen LogP contribution in [0.3, 0.4) is 0 Å². The fraction of sp³-hybridized carbons (Fsp3) is 0.286. The first-order chi connectivity index (χ1) is 8.93. The summed E-state index contributed by atoms with van der Waals surface area (Å²) in [5.74, 6) is -1.04. The van der Waals surface area contributed by atoms with E-state index in [1.807, 2.05) is 39.0 Å². The quantitative estimate of drug-likeness (QED) is 0.936. The van der Waals surface area contributed by atoms with Gasteiger partial charge >= 0.3 is 5.97 Å². The Labute approximate surface area is 116 Å². The first kappa shape index (κ1) is 13.6. The molecule has 0 aliphatic carbocycles. The molecule has 0 amide bonds. The molecule has 1 aromatic heterocycles. The second kappa shape index (κ2) is 5.05. The Morgan fingerprint density at radius 2 is 1.89 bits per heavy atom. The predicted octanol–water partition coefficient (Wildman–Crippen LogP) is 3.40. The van der Waals surface area contributed by atoms with Gasteiger partial charge in [-0.15, -0.1) is 0 Å². The Hall–Kier alpha value is -1.81. The normalized spacial score (nSPS) is 10.7. The van der Waals surface area contributed by atoms with E-state index >= 15 is 0 Å². The third kappa shape index (κ3) is 2.49. The minimum absolute atomic E-state index is 0.0864. The number of hydrogen-bond donors (Lipinski definition) is 1. The number of rotatable bonds is 3. The average molecular weight is 279 g/mol. The van der Waals surface area contributed by atoms with Gasteiger partial charge in [0.1, 0.15) is 10.7 Å². The Morgan fingerprint density at radius 3 is 2.32 bits per heavy atom. The van der Waals surface area contributed by atoms with Crippen molar-refractivity contribution < 1.29 is 9.90 Å². The zero-order valence-corrected chi connectivity index (χ0v) is 11.8. The number of carboxylic acid groups (broad SMARTS) is 1. The maximum absolute atomic E-state index is 11.2. The number of benzene rings is 1. The van der Waals surface area contributed by atoms with Crippen LogP contribution in [0, 0.1) is 13.8 Å². The number of carbonyl (C=O) groups is 1. The molecular weight excluding hydrogens is 264 g/mol. The molecule has 0 saturated heterocycles. The largest absolute Gasteiger partial charge is 0.478 e. The molecule has 1 N–H and O–H groups in total. The summed E-state index contributed by atoms with van der Waals surface area (Å²) in [5.41, 5.74) is 3.53. The lowest BCUT2D eigenvalue weighted by molar-refractivity contribution is 0.0696. The van der Waals surface area contributed by atoms with Gasteiger partial charge in [0, 0.05) is 0 Å². The van der Waals surface area contributed by atoms with Gasteiger partial charge in [0.15, 0.2) is 0 Å². The van der Waals surface area contributed by atoms with E-state index in [2.05, 4.69) is 5.10 Å². The van der Waals surface area contributed by atoms with Crippen LogP contribution in [0.1, 0.15) is 34.1 Å². The number of nitrogens with zero attached hydrogens (tertiary/aromatic N) is 2. The van der Waals surface area contributed by atoms with Gasteiger partial charge in [-0.1, -0.05) is 24.6 Å². The molecular formula is C14H15ClN2O2. The van der Waals surface area contributed by atoms with Crippen molar-refractivity contribution in [2.24, 2.45) is 0 Å². The Morgan fingerprint density at radius 1 is 1.32 bits per heavy atom. The first-order valence-corrected chi connectivity index (χ1v) is 6.41. The highest BCUT2D eigenvalue weighted by Crippen LogP contribution is 2.25. The number of aryl methyl sites for hydroxylation is 3. The van der Waals surface area contributed by atoms with Crippen molar-refractivity contribution in [2.45, 2.75) is 27.2 Å². The van der Waals surface area contributed by atoms with E-state index < -0.39 is 5.97 Å². The van der Waals surface area contributed by atoms with Gasteiger partial charge < -0.3 is 5.11 Å². The molecule has 2 rings (SSSR count). The number of hydrogen-bond acceptors (Lipinski definition) is 2. The standard InChI is InChI=1S/C14H15ClN2O2/c1-4-11-12(14(18)19)13(15)17(16-11)10-6-8(2)5-9(3)7-10/h5-7H,4H2,1-3H3,(H,18,19). The van der Waals surface area contributed by atoms with Crippen molar-refractivity contribution >= 4 is 17.6 Å². The van der Waals surface area contributed by atoms with Crippen molar-refractivity contribution in [1.82, 2.24) is 9.78 Å². The summed E-state index contributed by atoms with van der Waals surface area (Å²) >= 11 is 6.16. The van der Waals surface area contributed by atoms with E-state index in [-0.39, 0.29) is 10.7 Å². The van der Waals surface area contributed by atoms with Crippen molar-refractivity contribution in [3.8, 4) is 5.69 Å². The fourth-order valence-corrected chi connectivity index (χ4v) is 2.47. The number of carboxylic acids is 1. The molecule has 0 aliphatic heterocycles. The molecule has 0 spiro atoms. The lowest BCUT2D eigenvalue weighted by Gasteiger charge is -2.06. The van der Waals surface area contributed by atoms with Gasteiger partial charge in [-0.3, -0.25) is 0 Å². The summed E-state index contributed by atoms with van der Waals surface area (Å²) in [6.45, 7) is 5.82. The summed E-state index contributed by atoms with van der Waals surface area (Å²) in [7, 11) is 0. The van der Waals surface area contributed by atoms with Crippen LogP contribution in [-0.4, -0.2) is 20.9 Å². The number of aromatic nitrogens is 2. The van der Waals surface area contributed by atoms with E-state index in [1.54, 1.807) is 0 Å². The molecule has 0 radical (unpaired) electrons. The van der Waals surface area contributed by atoms with Gasteiger partial charge in [0.25, 0.3) is 0 Å². The molecule has 100 valence electrons. The predicted molar refractivity (Wildman–Crippen MR) is 74.4 cm³/mol. The molecule has 0 bridgehead atoms. The SMILES string of the molecule is CCc1nn(-c2cc(C)cc(C)c2)c(Cl)c1C(=O)O. The smallest absolute Gasteiger partial charge is 0.340 e. The van der Waals surface area contributed by atoms with Gasteiger partial charge in [-0.2, -0.15) is 5.10 Å². The number of halogens is 1. The minimum Gasteiger partial charge on any atom is -0.478 e. The fourth-order valence-electron chi connectivity index (χ4n) is 2.14. The summed E-state index contributed by atoms with van der Waals surface area (Å²) < 4.78 is 1.49. The first-order valence-electron chi connectivity index (χ1n) is 6.03. The van der Waals surface area contributed by atoms with Gasteiger partial charge in [-0.25, -0.2) is 9.48 Å². The van der Waals surface area contributed by atoms with Crippen LogP contribution in [0.15, 0.2) is 18.2 Å². The van der Waals surface area contributed by atoms with E-state index in [0.29, 0.717) is 12.1 Å².